The van der Waals surface area contributed by atoms with Crippen molar-refractivity contribution in [2.75, 3.05) is 20.5 Å². The first kappa shape index (κ1) is 22.4. The fraction of sp³-hybridized carbons (Fsp3) is 1.00. The molecule has 3 fully saturated rings. The number of methoxy groups -OCH3 is 1. The molecule has 0 aromatic heterocycles. The Labute approximate surface area is 168 Å². The molecule has 3 saturated heterocycles. The van der Waals surface area contributed by atoms with Crippen molar-refractivity contribution in [1.82, 2.24) is 0 Å². The van der Waals surface area contributed by atoms with Gasteiger partial charge in [0.15, 0.2) is 0 Å². The maximum Gasteiger partial charge on any atom is 0.146 e. The van der Waals surface area contributed by atoms with Crippen molar-refractivity contribution >= 4 is 0 Å². The second kappa shape index (κ2) is 8.84. The van der Waals surface area contributed by atoms with E-state index in [4.69, 9.17) is 28.8 Å². The monoisotopic (exact) mass is 402 g/mol. The standard InChI is InChI=1S/C21H38O7/c1-13(19-17(11-22)26-19)16(23)10-15-6-8-21(4,27-15)18-7-9-20(3,28-18)14(2)25-12-24-5/h13-19,22-23H,6-12H2,1-5H3/t13-,14+,15-,16-,17-,18+,19-,20-,21-/m0/s1. The Morgan fingerprint density at radius 1 is 1.14 bits per heavy atom. The van der Waals surface area contributed by atoms with Crippen LogP contribution in [0.2, 0.25) is 0 Å². The van der Waals surface area contributed by atoms with Gasteiger partial charge in [-0.15, -0.1) is 0 Å². The fourth-order valence-corrected chi connectivity index (χ4v) is 4.75. The van der Waals surface area contributed by atoms with E-state index in [-0.39, 0.29) is 61.0 Å². The molecule has 0 spiro atoms. The minimum atomic E-state index is -0.494. The molecule has 3 aliphatic heterocycles. The topological polar surface area (TPSA) is 89.9 Å². The van der Waals surface area contributed by atoms with Gasteiger partial charge in [-0.05, 0) is 52.9 Å². The Morgan fingerprint density at radius 2 is 1.89 bits per heavy atom. The molecule has 0 aromatic rings. The van der Waals surface area contributed by atoms with Crippen LogP contribution in [0.3, 0.4) is 0 Å². The summed E-state index contributed by atoms with van der Waals surface area (Å²) in [4.78, 5) is 0. The lowest BCUT2D eigenvalue weighted by Gasteiger charge is -2.36. The van der Waals surface area contributed by atoms with Crippen molar-refractivity contribution in [2.45, 2.75) is 108 Å². The molecule has 9 atom stereocenters. The summed E-state index contributed by atoms with van der Waals surface area (Å²) in [5.41, 5.74) is -0.680. The molecule has 0 bridgehead atoms. The predicted octanol–water partition coefficient (Wildman–Crippen LogP) is 2.02. The molecule has 7 heteroatoms. The minimum absolute atomic E-state index is 0.00240. The summed E-state index contributed by atoms with van der Waals surface area (Å²) in [5.74, 6) is -0.00240. The summed E-state index contributed by atoms with van der Waals surface area (Å²) in [7, 11) is 1.62. The Balaban J connectivity index is 1.50. The molecule has 0 saturated carbocycles. The van der Waals surface area contributed by atoms with E-state index < -0.39 is 6.10 Å². The van der Waals surface area contributed by atoms with Crippen molar-refractivity contribution in [3.8, 4) is 0 Å². The summed E-state index contributed by atoms with van der Waals surface area (Å²) in [6, 6.07) is 0. The molecular formula is C21H38O7. The lowest BCUT2D eigenvalue weighted by atomic mass is 9.90. The van der Waals surface area contributed by atoms with E-state index in [2.05, 4.69) is 13.8 Å². The number of aliphatic hydroxyl groups is 2. The zero-order valence-corrected chi connectivity index (χ0v) is 17.9. The van der Waals surface area contributed by atoms with Gasteiger partial charge in [-0.1, -0.05) is 6.92 Å². The van der Waals surface area contributed by atoms with E-state index in [9.17, 15) is 5.11 Å². The highest BCUT2D eigenvalue weighted by Gasteiger charge is 2.52. The molecule has 28 heavy (non-hydrogen) atoms. The van der Waals surface area contributed by atoms with Crippen LogP contribution in [-0.2, 0) is 23.7 Å². The normalized spacial score (nSPS) is 43.8. The van der Waals surface area contributed by atoms with Crippen molar-refractivity contribution in [3.63, 3.8) is 0 Å². The maximum atomic E-state index is 10.6. The molecule has 0 aromatic carbocycles. The summed E-state index contributed by atoms with van der Waals surface area (Å²) >= 11 is 0. The first-order valence-electron chi connectivity index (χ1n) is 10.6. The number of epoxide rings is 1. The summed E-state index contributed by atoms with van der Waals surface area (Å²) in [5, 5.41) is 19.7. The van der Waals surface area contributed by atoms with Crippen LogP contribution in [0.25, 0.3) is 0 Å². The van der Waals surface area contributed by atoms with Crippen molar-refractivity contribution in [1.29, 1.82) is 0 Å². The highest BCUT2D eigenvalue weighted by atomic mass is 16.7. The molecule has 0 unspecified atom stereocenters. The van der Waals surface area contributed by atoms with E-state index in [0.717, 1.165) is 25.7 Å². The smallest absolute Gasteiger partial charge is 0.146 e. The van der Waals surface area contributed by atoms with Crippen LogP contribution in [0.1, 0.15) is 59.8 Å². The predicted molar refractivity (Wildman–Crippen MR) is 103 cm³/mol. The molecule has 0 amide bonds. The molecule has 2 N–H and O–H groups in total. The van der Waals surface area contributed by atoms with Gasteiger partial charge in [0.05, 0.1) is 48.3 Å². The Bertz CT molecular complexity index is 517. The van der Waals surface area contributed by atoms with Crippen LogP contribution >= 0.6 is 0 Å². The zero-order valence-electron chi connectivity index (χ0n) is 17.9. The van der Waals surface area contributed by atoms with Crippen molar-refractivity contribution < 1.29 is 33.9 Å². The molecule has 7 nitrogen and oxygen atoms in total. The first-order valence-corrected chi connectivity index (χ1v) is 10.6. The molecule has 3 rings (SSSR count). The SMILES string of the molecule is COCO[C@H](C)[C@]1(C)CC[C@H]([C@]2(C)CC[C@@H](C[C@H](O)[C@H](C)[C@@H]3O[C@H]3CO)O2)O1. The van der Waals surface area contributed by atoms with Gasteiger partial charge in [0.25, 0.3) is 0 Å². The Kier molecular flexibility index (Phi) is 7.07. The molecule has 0 aliphatic carbocycles. The van der Waals surface area contributed by atoms with Crippen molar-refractivity contribution in [3.05, 3.63) is 0 Å². The van der Waals surface area contributed by atoms with Crippen LogP contribution < -0.4 is 0 Å². The number of rotatable bonds is 10. The van der Waals surface area contributed by atoms with Gasteiger partial charge < -0.3 is 33.9 Å². The Morgan fingerprint density at radius 3 is 2.54 bits per heavy atom. The molecule has 3 heterocycles. The number of hydrogen-bond acceptors (Lipinski definition) is 7. The van der Waals surface area contributed by atoms with Gasteiger partial charge in [-0.2, -0.15) is 0 Å². The second-order valence-electron chi connectivity index (χ2n) is 9.25. The van der Waals surface area contributed by atoms with E-state index in [0.29, 0.717) is 6.42 Å². The van der Waals surface area contributed by atoms with Crippen LogP contribution in [0.4, 0.5) is 0 Å². The van der Waals surface area contributed by atoms with E-state index in [1.807, 2.05) is 13.8 Å². The summed E-state index contributed by atoms with van der Waals surface area (Å²) in [6.07, 6.45) is 3.62. The van der Waals surface area contributed by atoms with Crippen LogP contribution in [0.15, 0.2) is 0 Å². The average Bonchev–Trinajstić information content (AvgIpc) is 3.20. The molecular weight excluding hydrogens is 364 g/mol. The maximum absolute atomic E-state index is 10.6. The second-order valence-corrected chi connectivity index (χ2v) is 9.25. The van der Waals surface area contributed by atoms with Crippen LogP contribution in [-0.4, -0.2) is 78.5 Å². The zero-order chi connectivity index (χ0) is 20.5. The Hall–Kier alpha value is -0.280. The largest absolute Gasteiger partial charge is 0.394 e. The molecule has 3 aliphatic rings. The highest BCUT2D eigenvalue weighted by Crippen LogP contribution is 2.45. The van der Waals surface area contributed by atoms with Gasteiger partial charge >= 0.3 is 0 Å². The third-order valence-corrected chi connectivity index (χ3v) is 7.12. The number of aliphatic hydroxyl groups excluding tert-OH is 2. The van der Waals surface area contributed by atoms with E-state index in [1.165, 1.54) is 0 Å². The van der Waals surface area contributed by atoms with Crippen LogP contribution in [0, 0.1) is 5.92 Å². The van der Waals surface area contributed by atoms with Gasteiger partial charge in [0.1, 0.15) is 12.9 Å². The molecule has 164 valence electrons. The summed E-state index contributed by atoms with van der Waals surface area (Å²) in [6.45, 7) is 8.52. The number of hydrogen-bond donors (Lipinski definition) is 2. The first-order chi connectivity index (χ1) is 13.2. The summed E-state index contributed by atoms with van der Waals surface area (Å²) < 4.78 is 29.0. The van der Waals surface area contributed by atoms with Gasteiger partial charge in [-0.25, -0.2) is 0 Å². The van der Waals surface area contributed by atoms with E-state index >= 15 is 0 Å². The van der Waals surface area contributed by atoms with Gasteiger partial charge in [0.2, 0.25) is 0 Å². The minimum Gasteiger partial charge on any atom is -0.394 e. The van der Waals surface area contributed by atoms with Crippen molar-refractivity contribution in [2.24, 2.45) is 5.92 Å². The quantitative estimate of drug-likeness (QED) is 0.427. The average molecular weight is 403 g/mol. The lowest BCUT2D eigenvalue weighted by molar-refractivity contribution is -0.194. The fourth-order valence-electron chi connectivity index (χ4n) is 4.75. The lowest BCUT2D eigenvalue weighted by Crippen LogP contribution is -2.45. The van der Waals surface area contributed by atoms with E-state index in [1.54, 1.807) is 7.11 Å². The molecule has 0 radical (unpaired) electrons. The van der Waals surface area contributed by atoms with Crippen LogP contribution in [0.5, 0.6) is 0 Å². The van der Waals surface area contributed by atoms with Gasteiger partial charge in [-0.3, -0.25) is 0 Å². The number of ether oxygens (including phenoxy) is 5. The van der Waals surface area contributed by atoms with Gasteiger partial charge in [0, 0.05) is 13.0 Å². The third-order valence-electron chi connectivity index (χ3n) is 7.12. The third kappa shape index (κ3) is 4.72. The highest BCUT2D eigenvalue weighted by molar-refractivity contribution is 5.01.